The zero-order chi connectivity index (χ0) is 18.1. The first-order valence-electron chi connectivity index (χ1n) is 8.69. The maximum Gasteiger partial charge on any atom is 0.251 e. The Bertz CT molecular complexity index is 818. The van der Waals surface area contributed by atoms with Crippen LogP contribution in [0.15, 0.2) is 15.4 Å². The van der Waals surface area contributed by atoms with Gasteiger partial charge in [0.2, 0.25) is 5.91 Å². The molecule has 2 aromatic rings. The highest BCUT2D eigenvalue weighted by atomic mass is 16.5. The number of H-pyrrole nitrogens is 1. The summed E-state index contributed by atoms with van der Waals surface area (Å²) < 4.78 is 5.15. The molecule has 1 fully saturated rings. The lowest BCUT2D eigenvalue weighted by atomic mass is 10.1. The smallest absolute Gasteiger partial charge is 0.251 e. The van der Waals surface area contributed by atoms with Crippen LogP contribution in [0, 0.1) is 13.8 Å². The van der Waals surface area contributed by atoms with Gasteiger partial charge < -0.3 is 14.4 Å². The highest BCUT2D eigenvalue weighted by Crippen LogP contribution is 2.31. The number of nitrogens with one attached hydrogen (secondary N) is 1. The van der Waals surface area contributed by atoms with E-state index in [4.69, 9.17) is 4.52 Å². The van der Waals surface area contributed by atoms with Crippen LogP contribution >= 0.6 is 0 Å². The molecule has 1 N–H and O–H groups in total. The summed E-state index contributed by atoms with van der Waals surface area (Å²) in [6, 6.07) is 1.35. The molecular formula is C18H24N4O3. The van der Waals surface area contributed by atoms with Gasteiger partial charge in [-0.3, -0.25) is 9.59 Å². The maximum absolute atomic E-state index is 12.8. The SMILES string of the molecule is Cc1noc(C)c1CC(=O)N1CCC[C@@H]1c1nc(C(C)C)cc(=O)[nH]1. The summed E-state index contributed by atoms with van der Waals surface area (Å²) in [6.07, 6.45) is 1.96. The molecule has 25 heavy (non-hydrogen) atoms. The summed E-state index contributed by atoms with van der Waals surface area (Å²) in [5, 5.41) is 3.91. The van der Waals surface area contributed by atoms with Crippen LogP contribution in [0.4, 0.5) is 0 Å². The second-order valence-electron chi connectivity index (χ2n) is 6.93. The minimum Gasteiger partial charge on any atom is -0.361 e. The summed E-state index contributed by atoms with van der Waals surface area (Å²) in [5.41, 5.74) is 2.17. The molecule has 2 aromatic heterocycles. The normalized spacial score (nSPS) is 17.5. The van der Waals surface area contributed by atoms with Gasteiger partial charge in [-0.2, -0.15) is 0 Å². The van der Waals surface area contributed by atoms with Gasteiger partial charge in [-0.15, -0.1) is 0 Å². The third-order valence-electron chi connectivity index (χ3n) is 4.77. The Hall–Kier alpha value is -2.44. The van der Waals surface area contributed by atoms with Crippen LogP contribution in [0.3, 0.4) is 0 Å². The zero-order valence-corrected chi connectivity index (χ0v) is 15.1. The number of hydrogen-bond acceptors (Lipinski definition) is 5. The van der Waals surface area contributed by atoms with Gasteiger partial charge in [-0.1, -0.05) is 19.0 Å². The average Bonchev–Trinajstić information content (AvgIpc) is 3.16. The van der Waals surface area contributed by atoms with Crippen LogP contribution in [0.25, 0.3) is 0 Å². The first-order chi connectivity index (χ1) is 11.9. The van der Waals surface area contributed by atoms with Gasteiger partial charge >= 0.3 is 0 Å². The number of rotatable bonds is 4. The van der Waals surface area contributed by atoms with Crippen LogP contribution in [0.2, 0.25) is 0 Å². The number of nitrogens with zero attached hydrogens (tertiary/aromatic N) is 3. The Morgan fingerprint density at radius 2 is 2.20 bits per heavy atom. The number of hydrogen-bond donors (Lipinski definition) is 1. The van der Waals surface area contributed by atoms with Gasteiger partial charge in [-0.05, 0) is 32.6 Å². The van der Waals surface area contributed by atoms with Crippen LogP contribution in [-0.4, -0.2) is 32.5 Å². The molecule has 0 saturated carbocycles. The van der Waals surface area contributed by atoms with E-state index < -0.39 is 0 Å². The Morgan fingerprint density at radius 3 is 2.84 bits per heavy atom. The van der Waals surface area contributed by atoms with Crippen molar-refractivity contribution in [1.82, 2.24) is 20.0 Å². The molecule has 3 heterocycles. The molecule has 7 heteroatoms. The van der Waals surface area contributed by atoms with Crippen molar-refractivity contribution in [2.24, 2.45) is 0 Å². The molecule has 134 valence electrons. The number of amides is 1. The third-order valence-corrected chi connectivity index (χ3v) is 4.77. The first kappa shape index (κ1) is 17.4. The lowest BCUT2D eigenvalue weighted by molar-refractivity contribution is -0.131. The van der Waals surface area contributed by atoms with Gasteiger partial charge in [0.15, 0.2) is 0 Å². The van der Waals surface area contributed by atoms with E-state index in [0.29, 0.717) is 18.1 Å². The minimum atomic E-state index is -0.181. The van der Waals surface area contributed by atoms with Gasteiger partial charge in [0, 0.05) is 18.2 Å². The second-order valence-corrected chi connectivity index (χ2v) is 6.93. The van der Waals surface area contributed by atoms with E-state index in [2.05, 4.69) is 15.1 Å². The van der Waals surface area contributed by atoms with Crippen LogP contribution in [0.1, 0.15) is 67.2 Å². The third kappa shape index (κ3) is 3.50. The summed E-state index contributed by atoms with van der Waals surface area (Å²) in [4.78, 5) is 34.0. The second kappa shape index (κ2) is 6.82. The van der Waals surface area contributed by atoms with Crippen molar-refractivity contribution in [1.29, 1.82) is 0 Å². The minimum absolute atomic E-state index is 0.00880. The Balaban J connectivity index is 1.85. The van der Waals surface area contributed by atoms with Crippen molar-refractivity contribution in [3.8, 4) is 0 Å². The number of carbonyl (C=O) groups excluding carboxylic acids is 1. The van der Waals surface area contributed by atoms with Crippen LogP contribution in [-0.2, 0) is 11.2 Å². The Morgan fingerprint density at radius 1 is 1.44 bits per heavy atom. The van der Waals surface area contributed by atoms with Gasteiger partial charge in [0.25, 0.3) is 5.56 Å². The van der Waals surface area contributed by atoms with E-state index in [1.54, 1.807) is 0 Å². The van der Waals surface area contributed by atoms with E-state index in [0.717, 1.165) is 29.8 Å². The van der Waals surface area contributed by atoms with Crippen molar-refractivity contribution in [3.63, 3.8) is 0 Å². The molecule has 0 unspecified atom stereocenters. The average molecular weight is 344 g/mol. The van der Waals surface area contributed by atoms with Crippen LogP contribution in [0.5, 0.6) is 0 Å². The fraction of sp³-hybridized carbons (Fsp3) is 0.556. The lowest BCUT2D eigenvalue weighted by Crippen LogP contribution is -2.34. The molecule has 1 amide bonds. The monoisotopic (exact) mass is 344 g/mol. The number of carbonyl (C=O) groups is 1. The van der Waals surface area contributed by atoms with Crippen molar-refractivity contribution in [3.05, 3.63) is 45.0 Å². The van der Waals surface area contributed by atoms with Gasteiger partial charge in [0.1, 0.15) is 11.6 Å². The molecule has 3 rings (SSSR count). The molecule has 1 aliphatic heterocycles. The van der Waals surface area contributed by atoms with Crippen molar-refractivity contribution < 1.29 is 9.32 Å². The highest BCUT2D eigenvalue weighted by Gasteiger charge is 2.32. The number of aromatic nitrogens is 3. The fourth-order valence-corrected chi connectivity index (χ4v) is 3.31. The molecule has 1 atom stereocenters. The molecule has 1 aliphatic rings. The number of likely N-dealkylation sites (tertiary alicyclic amines) is 1. The molecule has 1 saturated heterocycles. The molecule has 0 spiro atoms. The quantitative estimate of drug-likeness (QED) is 0.919. The standard InChI is InChI=1S/C18H24N4O3/c1-10(2)14-9-16(23)20-18(19-14)15-6-5-7-22(15)17(24)8-13-11(3)21-25-12(13)4/h9-10,15H,5-8H2,1-4H3,(H,19,20,23)/t15-/m1/s1. The van der Waals surface area contributed by atoms with E-state index in [1.165, 1.54) is 6.07 Å². The summed E-state index contributed by atoms with van der Waals surface area (Å²) in [7, 11) is 0. The van der Waals surface area contributed by atoms with Crippen molar-refractivity contribution >= 4 is 5.91 Å². The van der Waals surface area contributed by atoms with Gasteiger partial charge in [0.05, 0.1) is 23.9 Å². The van der Waals surface area contributed by atoms with E-state index in [1.807, 2.05) is 32.6 Å². The molecule has 0 radical (unpaired) electrons. The van der Waals surface area contributed by atoms with Crippen LogP contribution < -0.4 is 5.56 Å². The summed E-state index contributed by atoms with van der Waals surface area (Å²) in [6.45, 7) is 8.32. The number of aromatic amines is 1. The predicted molar refractivity (Wildman–Crippen MR) is 92.3 cm³/mol. The molecule has 7 nitrogen and oxygen atoms in total. The lowest BCUT2D eigenvalue weighted by Gasteiger charge is -2.24. The van der Waals surface area contributed by atoms with E-state index in [9.17, 15) is 9.59 Å². The van der Waals surface area contributed by atoms with Crippen molar-refractivity contribution in [2.45, 2.75) is 58.9 Å². The van der Waals surface area contributed by atoms with Crippen molar-refractivity contribution in [2.75, 3.05) is 6.54 Å². The summed E-state index contributed by atoms with van der Waals surface area (Å²) in [5.74, 6) is 1.43. The van der Waals surface area contributed by atoms with E-state index in [-0.39, 0.29) is 29.8 Å². The highest BCUT2D eigenvalue weighted by molar-refractivity contribution is 5.79. The molecule has 0 bridgehead atoms. The predicted octanol–water partition coefficient (Wildman–Crippen LogP) is 2.40. The Kier molecular flexibility index (Phi) is 4.74. The van der Waals surface area contributed by atoms with E-state index >= 15 is 0 Å². The first-order valence-corrected chi connectivity index (χ1v) is 8.69. The zero-order valence-electron chi connectivity index (χ0n) is 15.1. The summed E-state index contributed by atoms with van der Waals surface area (Å²) >= 11 is 0. The maximum atomic E-state index is 12.8. The Labute approximate surface area is 146 Å². The van der Waals surface area contributed by atoms with Gasteiger partial charge in [-0.25, -0.2) is 4.98 Å². The molecule has 0 aliphatic carbocycles. The molecule has 0 aromatic carbocycles. The largest absolute Gasteiger partial charge is 0.361 e. The molecular weight excluding hydrogens is 320 g/mol. The fourth-order valence-electron chi connectivity index (χ4n) is 3.31. The number of aryl methyl sites for hydroxylation is 2. The topological polar surface area (TPSA) is 92.1 Å².